The van der Waals surface area contributed by atoms with Crippen molar-refractivity contribution in [3.63, 3.8) is 0 Å². The molecule has 4 nitrogen and oxygen atoms in total. The second-order valence-electron chi connectivity index (χ2n) is 3.36. The molecule has 17 heavy (non-hydrogen) atoms. The number of sulfone groups is 1. The van der Waals surface area contributed by atoms with E-state index in [1.807, 2.05) is 6.92 Å². The van der Waals surface area contributed by atoms with Crippen LogP contribution in [0.4, 0.5) is 0 Å². The van der Waals surface area contributed by atoms with Crippen LogP contribution in [0.1, 0.15) is 12.5 Å². The minimum absolute atomic E-state index is 0.273. The van der Waals surface area contributed by atoms with Crippen LogP contribution in [0.5, 0.6) is 5.75 Å². The Bertz CT molecular complexity index is 568. The molecule has 1 aromatic rings. The third-order valence-corrected chi connectivity index (χ3v) is 3.02. The van der Waals surface area contributed by atoms with Gasteiger partial charge in [0.15, 0.2) is 9.84 Å². The van der Waals surface area contributed by atoms with Crippen molar-refractivity contribution in [3.05, 3.63) is 34.7 Å². The standard InChI is InChI=1S/C12H13NO3S/c1-3-16-12-7-5-4-6-10(12)8-11(9-13)17(2,14)15/h4-8H,3H2,1-2H3/b11-8+. The summed E-state index contributed by atoms with van der Waals surface area (Å²) in [6.45, 7) is 2.31. The van der Waals surface area contributed by atoms with E-state index in [1.165, 1.54) is 6.08 Å². The molecular formula is C12H13NO3S. The Morgan fingerprint density at radius 2 is 2.12 bits per heavy atom. The zero-order chi connectivity index (χ0) is 12.9. The summed E-state index contributed by atoms with van der Waals surface area (Å²) in [6, 6.07) is 8.65. The lowest BCUT2D eigenvalue weighted by atomic mass is 10.2. The number of allylic oxidation sites excluding steroid dienone is 1. The molecule has 0 atom stereocenters. The van der Waals surface area contributed by atoms with Gasteiger partial charge in [-0.1, -0.05) is 18.2 Å². The third-order valence-electron chi connectivity index (χ3n) is 2.02. The van der Waals surface area contributed by atoms with Crippen molar-refractivity contribution in [2.75, 3.05) is 12.9 Å². The summed E-state index contributed by atoms with van der Waals surface area (Å²) in [6.07, 6.45) is 2.33. The summed E-state index contributed by atoms with van der Waals surface area (Å²) in [7, 11) is -3.50. The first-order valence-corrected chi connectivity index (χ1v) is 6.92. The van der Waals surface area contributed by atoms with Crippen molar-refractivity contribution in [1.82, 2.24) is 0 Å². The molecular weight excluding hydrogens is 238 g/mol. The summed E-state index contributed by atoms with van der Waals surface area (Å²) in [5.74, 6) is 0.561. The molecule has 1 rings (SSSR count). The molecule has 0 saturated heterocycles. The number of benzene rings is 1. The molecule has 0 unspecified atom stereocenters. The first-order chi connectivity index (χ1) is 7.99. The van der Waals surface area contributed by atoms with E-state index in [4.69, 9.17) is 10.00 Å². The fraction of sp³-hybridized carbons (Fsp3) is 0.250. The molecule has 0 amide bonds. The number of nitrogens with zero attached hydrogens (tertiary/aromatic N) is 1. The molecule has 0 aliphatic carbocycles. The Morgan fingerprint density at radius 1 is 1.47 bits per heavy atom. The molecule has 0 heterocycles. The molecule has 90 valence electrons. The molecule has 0 radical (unpaired) electrons. The largest absolute Gasteiger partial charge is 0.493 e. The number of ether oxygens (including phenoxy) is 1. The van der Waals surface area contributed by atoms with Crippen LogP contribution in [-0.4, -0.2) is 21.3 Å². The van der Waals surface area contributed by atoms with E-state index in [1.54, 1.807) is 30.3 Å². The van der Waals surface area contributed by atoms with Crippen LogP contribution in [0.3, 0.4) is 0 Å². The number of nitriles is 1. The lowest BCUT2D eigenvalue weighted by Crippen LogP contribution is -1.99. The average molecular weight is 251 g/mol. The summed E-state index contributed by atoms with van der Waals surface area (Å²) in [5, 5.41) is 8.81. The van der Waals surface area contributed by atoms with E-state index in [0.29, 0.717) is 17.9 Å². The second-order valence-corrected chi connectivity index (χ2v) is 5.35. The molecule has 0 fully saturated rings. The van der Waals surface area contributed by atoms with Gasteiger partial charge in [-0.3, -0.25) is 0 Å². The van der Waals surface area contributed by atoms with E-state index >= 15 is 0 Å². The summed E-state index contributed by atoms with van der Waals surface area (Å²) in [5.41, 5.74) is 0.580. The van der Waals surface area contributed by atoms with Crippen LogP contribution in [0.2, 0.25) is 0 Å². The van der Waals surface area contributed by atoms with Gasteiger partial charge in [0.1, 0.15) is 16.7 Å². The Labute approximate surface area is 101 Å². The molecule has 0 saturated carbocycles. The minimum atomic E-state index is -3.50. The third kappa shape index (κ3) is 3.61. The van der Waals surface area contributed by atoms with Gasteiger partial charge in [-0.05, 0) is 19.1 Å². The average Bonchev–Trinajstić information content (AvgIpc) is 2.26. The zero-order valence-corrected chi connectivity index (χ0v) is 10.5. The quantitative estimate of drug-likeness (QED) is 0.767. The fourth-order valence-corrected chi connectivity index (χ4v) is 1.76. The van der Waals surface area contributed by atoms with E-state index in [0.717, 1.165) is 6.26 Å². The maximum atomic E-state index is 11.3. The number of hydrogen-bond donors (Lipinski definition) is 0. The number of rotatable bonds is 4. The van der Waals surface area contributed by atoms with Gasteiger partial charge >= 0.3 is 0 Å². The smallest absolute Gasteiger partial charge is 0.185 e. The van der Waals surface area contributed by atoms with Gasteiger partial charge in [0.2, 0.25) is 0 Å². The Morgan fingerprint density at radius 3 is 2.65 bits per heavy atom. The molecule has 5 heteroatoms. The Hall–Kier alpha value is -1.80. The van der Waals surface area contributed by atoms with Gasteiger partial charge < -0.3 is 4.74 Å². The summed E-state index contributed by atoms with van der Waals surface area (Å²) >= 11 is 0. The van der Waals surface area contributed by atoms with Gasteiger partial charge in [-0.25, -0.2) is 8.42 Å². The lowest BCUT2D eigenvalue weighted by Gasteiger charge is -2.06. The predicted octanol–water partition coefficient (Wildman–Crippen LogP) is 1.99. The summed E-state index contributed by atoms with van der Waals surface area (Å²) in [4.78, 5) is -0.273. The predicted molar refractivity (Wildman–Crippen MR) is 66.0 cm³/mol. The van der Waals surface area contributed by atoms with Crippen LogP contribution >= 0.6 is 0 Å². The Balaban J connectivity index is 3.27. The zero-order valence-electron chi connectivity index (χ0n) is 9.67. The van der Waals surface area contributed by atoms with E-state index in [2.05, 4.69) is 0 Å². The van der Waals surface area contributed by atoms with E-state index < -0.39 is 9.84 Å². The topological polar surface area (TPSA) is 67.2 Å². The molecule has 0 spiro atoms. The lowest BCUT2D eigenvalue weighted by molar-refractivity contribution is 0.339. The van der Waals surface area contributed by atoms with Crippen LogP contribution in [0.15, 0.2) is 29.2 Å². The van der Waals surface area contributed by atoms with Crippen LogP contribution in [-0.2, 0) is 9.84 Å². The monoisotopic (exact) mass is 251 g/mol. The van der Waals surface area contributed by atoms with Gasteiger partial charge in [0, 0.05) is 11.8 Å². The first kappa shape index (κ1) is 13.3. The highest BCUT2D eigenvalue weighted by Gasteiger charge is 2.11. The molecule has 1 aromatic carbocycles. The minimum Gasteiger partial charge on any atom is -0.493 e. The maximum absolute atomic E-state index is 11.3. The molecule has 0 bridgehead atoms. The number of para-hydroxylation sites is 1. The van der Waals surface area contributed by atoms with Crippen molar-refractivity contribution in [1.29, 1.82) is 5.26 Å². The number of hydrogen-bond acceptors (Lipinski definition) is 4. The van der Waals surface area contributed by atoms with Crippen molar-refractivity contribution in [2.45, 2.75) is 6.92 Å². The van der Waals surface area contributed by atoms with Crippen LogP contribution in [0.25, 0.3) is 6.08 Å². The van der Waals surface area contributed by atoms with E-state index in [9.17, 15) is 8.42 Å². The molecule has 0 N–H and O–H groups in total. The van der Waals surface area contributed by atoms with Crippen LogP contribution < -0.4 is 4.74 Å². The second kappa shape index (κ2) is 5.51. The van der Waals surface area contributed by atoms with Gasteiger partial charge in [0.05, 0.1) is 6.61 Å². The first-order valence-electron chi connectivity index (χ1n) is 5.02. The van der Waals surface area contributed by atoms with Gasteiger partial charge in [-0.2, -0.15) is 5.26 Å². The normalized spacial score (nSPS) is 11.9. The van der Waals surface area contributed by atoms with Crippen molar-refractivity contribution < 1.29 is 13.2 Å². The Kier molecular flexibility index (Phi) is 4.30. The fourth-order valence-electron chi connectivity index (χ4n) is 1.25. The van der Waals surface area contributed by atoms with Crippen molar-refractivity contribution in [3.8, 4) is 11.8 Å². The maximum Gasteiger partial charge on any atom is 0.185 e. The molecule has 0 aliphatic rings. The van der Waals surface area contributed by atoms with Gasteiger partial charge in [0.25, 0.3) is 0 Å². The van der Waals surface area contributed by atoms with Gasteiger partial charge in [-0.15, -0.1) is 0 Å². The van der Waals surface area contributed by atoms with Crippen molar-refractivity contribution >= 4 is 15.9 Å². The van der Waals surface area contributed by atoms with E-state index in [-0.39, 0.29) is 4.91 Å². The molecule has 0 aliphatic heterocycles. The highest BCUT2D eigenvalue weighted by Crippen LogP contribution is 2.22. The van der Waals surface area contributed by atoms with Crippen molar-refractivity contribution in [2.24, 2.45) is 0 Å². The highest BCUT2D eigenvalue weighted by atomic mass is 32.2. The summed E-state index contributed by atoms with van der Waals surface area (Å²) < 4.78 is 28.0. The highest BCUT2D eigenvalue weighted by molar-refractivity contribution is 7.95. The van der Waals surface area contributed by atoms with Crippen LogP contribution in [0, 0.1) is 11.3 Å². The molecule has 0 aromatic heterocycles. The SMILES string of the molecule is CCOc1ccccc1/C=C(\C#N)S(C)(=O)=O.